The van der Waals surface area contributed by atoms with Gasteiger partial charge in [-0.1, -0.05) is 103 Å². The summed E-state index contributed by atoms with van der Waals surface area (Å²) in [5.41, 5.74) is 5.98. The van der Waals surface area contributed by atoms with Gasteiger partial charge in [0.2, 0.25) is 0 Å². The van der Waals surface area contributed by atoms with Crippen LogP contribution in [0.3, 0.4) is 0 Å². The van der Waals surface area contributed by atoms with Crippen LogP contribution in [-0.2, 0) is 0 Å². The third-order valence-corrected chi connectivity index (χ3v) is 8.71. The van der Waals surface area contributed by atoms with Crippen LogP contribution in [-0.4, -0.2) is 4.57 Å². The Morgan fingerprint density at radius 2 is 1.18 bits per heavy atom. The minimum Gasteiger partial charge on any atom is -0.308 e. The first-order valence-corrected chi connectivity index (χ1v) is 14.0. The van der Waals surface area contributed by atoms with E-state index in [-0.39, 0.29) is 0 Å². The summed E-state index contributed by atoms with van der Waals surface area (Å²) in [6, 6.07) is 52.4. The molecule has 0 saturated heterocycles. The van der Waals surface area contributed by atoms with Crippen LogP contribution in [0.2, 0.25) is 0 Å². The Labute approximate surface area is 230 Å². The maximum atomic E-state index is 2.43. The molecule has 184 valence electrons. The van der Waals surface area contributed by atoms with Gasteiger partial charge in [-0.05, 0) is 58.6 Å². The lowest BCUT2D eigenvalue weighted by molar-refractivity contribution is 1.18. The Kier molecular flexibility index (Phi) is 5.04. The van der Waals surface area contributed by atoms with Gasteiger partial charge in [-0.15, -0.1) is 11.3 Å². The number of hydrogen-bond donors (Lipinski definition) is 0. The summed E-state index contributed by atoms with van der Waals surface area (Å²) in [7, 11) is 0. The van der Waals surface area contributed by atoms with Gasteiger partial charge in [-0.2, -0.15) is 0 Å². The topological polar surface area (TPSA) is 8.17 Å². The number of thiophene rings is 1. The van der Waals surface area contributed by atoms with Gasteiger partial charge in [0, 0.05) is 22.1 Å². The zero-order chi connectivity index (χ0) is 25.8. The third-order valence-electron chi connectivity index (χ3n) is 7.56. The molecule has 8 rings (SSSR count). The number of para-hydroxylation sites is 2. The lowest BCUT2D eigenvalue weighted by Gasteiger charge is -2.25. The molecule has 0 bridgehead atoms. The number of nitrogens with zero attached hydrogens (tertiary/aromatic N) is 2. The second-order valence-corrected chi connectivity index (χ2v) is 10.9. The molecule has 2 aromatic heterocycles. The van der Waals surface area contributed by atoms with Crippen molar-refractivity contribution in [1.29, 1.82) is 0 Å². The molecule has 0 aliphatic rings. The fraction of sp³-hybridized carbons (Fsp3) is 0. The van der Waals surface area contributed by atoms with Crippen LogP contribution < -0.4 is 4.90 Å². The molecule has 0 unspecified atom stereocenters. The van der Waals surface area contributed by atoms with E-state index < -0.39 is 0 Å². The lowest BCUT2D eigenvalue weighted by atomic mass is 10.1. The van der Waals surface area contributed by atoms with Crippen molar-refractivity contribution in [3.63, 3.8) is 0 Å². The van der Waals surface area contributed by atoms with Crippen LogP contribution in [0.4, 0.5) is 16.4 Å². The zero-order valence-corrected chi connectivity index (χ0v) is 22.0. The number of aromatic nitrogens is 1. The van der Waals surface area contributed by atoms with Crippen LogP contribution in [0, 0.1) is 0 Å². The SMILES string of the molecule is c1ccc(-n2c3ccccc3c3sc(N(c4ccc5ccccc5c4)c4cccc5ccccc45)cc32)cc1. The number of fused-ring (bicyclic) bond motifs is 5. The van der Waals surface area contributed by atoms with E-state index in [0.717, 1.165) is 5.69 Å². The van der Waals surface area contributed by atoms with E-state index in [0.29, 0.717) is 0 Å². The first-order chi connectivity index (χ1) is 19.3. The maximum Gasteiger partial charge on any atom is 0.103 e. The quantitative estimate of drug-likeness (QED) is 0.226. The molecular formula is C36H24N2S. The maximum absolute atomic E-state index is 2.43. The summed E-state index contributed by atoms with van der Waals surface area (Å²) in [6.45, 7) is 0. The highest BCUT2D eigenvalue weighted by atomic mass is 32.1. The fourth-order valence-corrected chi connectivity index (χ4v) is 7.00. The summed E-state index contributed by atoms with van der Waals surface area (Å²) in [5, 5.41) is 7.44. The van der Waals surface area contributed by atoms with Gasteiger partial charge in [0.05, 0.1) is 21.4 Å². The van der Waals surface area contributed by atoms with Crippen molar-refractivity contribution in [1.82, 2.24) is 4.57 Å². The molecule has 0 aliphatic heterocycles. The van der Waals surface area contributed by atoms with Crippen LogP contribution in [0.5, 0.6) is 0 Å². The second kappa shape index (κ2) is 8.87. The van der Waals surface area contributed by atoms with Crippen molar-refractivity contribution >= 4 is 70.4 Å². The molecule has 0 N–H and O–H groups in total. The molecule has 0 aliphatic carbocycles. The largest absolute Gasteiger partial charge is 0.308 e. The highest BCUT2D eigenvalue weighted by molar-refractivity contribution is 7.24. The second-order valence-electron chi connectivity index (χ2n) is 9.85. The van der Waals surface area contributed by atoms with Crippen LogP contribution >= 0.6 is 11.3 Å². The highest BCUT2D eigenvalue weighted by Gasteiger charge is 2.22. The standard InChI is InChI=1S/C36H24N2S/c1-2-15-28(16-3-1)37-33-19-9-8-18-31(33)36-34(37)24-35(39-36)38(29-22-21-25-11-4-5-13-27(25)23-29)32-20-10-14-26-12-6-7-17-30(26)32/h1-24H. The van der Waals surface area contributed by atoms with E-state index in [2.05, 4.69) is 155 Å². The van der Waals surface area contributed by atoms with Gasteiger partial charge in [0.1, 0.15) is 5.00 Å². The Bertz CT molecular complexity index is 2130. The number of benzene rings is 6. The Morgan fingerprint density at radius 1 is 0.487 bits per heavy atom. The highest BCUT2D eigenvalue weighted by Crippen LogP contribution is 2.47. The van der Waals surface area contributed by atoms with E-state index in [9.17, 15) is 0 Å². The molecule has 0 saturated carbocycles. The Balaban J connectivity index is 1.43. The predicted molar refractivity (Wildman–Crippen MR) is 168 cm³/mol. The number of rotatable bonds is 4. The summed E-state index contributed by atoms with van der Waals surface area (Å²) in [5.74, 6) is 0. The van der Waals surface area contributed by atoms with E-state index in [1.54, 1.807) is 0 Å². The van der Waals surface area contributed by atoms with Gasteiger partial charge in [0.25, 0.3) is 0 Å². The molecule has 0 spiro atoms. The van der Waals surface area contributed by atoms with Crippen molar-refractivity contribution in [2.45, 2.75) is 0 Å². The molecule has 0 radical (unpaired) electrons. The first-order valence-electron chi connectivity index (χ1n) is 13.2. The van der Waals surface area contributed by atoms with Gasteiger partial charge >= 0.3 is 0 Å². The first kappa shape index (κ1) is 22.2. The van der Waals surface area contributed by atoms with Crippen molar-refractivity contribution in [2.24, 2.45) is 0 Å². The van der Waals surface area contributed by atoms with E-state index >= 15 is 0 Å². The molecule has 0 amide bonds. The summed E-state index contributed by atoms with van der Waals surface area (Å²) in [4.78, 5) is 2.43. The van der Waals surface area contributed by atoms with E-state index in [4.69, 9.17) is 0 Å². The normalized spacial score (nSPS) is 11.6. The van der Waals surface area contributed by atoms with Crippen molar-refractivity contribution in [2.75, 3.05) is 4.90 Å². The molecule has 2 heterocycles. The van der Waals surface area contributed by atoms with Gasteiger partial charge < -0.3 is 9.47 Å². The Hall–Kier alpha value is -4.86. The number of hydrogen-bond acceptors (Lipinski definition) is 2. The molecule has 3 heteroatoms. The molecule has 8 aromatic rings. The molecule has 0 atom stereocenters. The van der Waals surface area contributed by atoms with Gasteiger partial charge in [-0.3, -0.25) is 0 Å². The summed E-state index contributed by atoms with van der Waals surface area (Å²) >= 11 is 1.86. The molecule has 2 nitrogen and oxygen atoms in total. The summed E-state index contributed by atoms with van der Waals surface area (Å²) < 4.78 is 3.70. The predicted octanol–water partition coefficient (Wildman–Crippen LogP) is 10.6. The Morgan fingerprint density at radius 3 is 2.05 bits per heavy atom. The van der Waals surface area contributed by atoms with Gasteiger partial charge in [0.15, 0.2) is 0 Å². The lowest BCUT2D eigenvalue weighted by Crippen LogP contribution is -2.09. The van der Waals surface area contributed by atoms with E-state index in [1.807, 2.05) is 11.3 Å². The average molecular weight is 517 g/mol. The fourth-order valence-electron chi connectivity index (χ4n) is 5.79. The van der Waals surface area contributed by atoms with Gasteiger partial charge in [-0.25, -0.2) is 0 Å². The minimum absolute atomic E-state index is 1.16. The molecule has 0 fully saturated rings. The molecule has 6 aromatic carbocycles. The van der Waals surface area contributed by atoms with Crippen molar-refractivity contribution in [3.05, 3.63) is 146 Å². The van der Waals surface area contributed by atoms with Crippen molar-refractivity contribution < 1.29 is 0 Å². The summed E-state index contributed by atoms with van der Waals surface area (Å²) in [6.07, 6.45) is 0. The van der Waals surface area contributed by atoms with Crippen LogP contribution in [0.25, 0.3) is 48.4 Å². The number of anilines is 3. The van der Waals surface area contributed by atoms with E-state index in [1.165, 1.54) is 59.0 Å². The average Bonchev–Trinajstić information content (AvgIpc) is 3.55. The monoisotopic (exact) mass is 516 g/mol. The van der Waals surface area contributed by atoms with Crippen LogP contribution in [0.1, 0.15) is 0 Å². The minimum atomic E-state index is 1.16. The molecular weight excluding hydrogens is 492 g/mol. The molecule has 39 heavy (non-hydrogen) atoms. The van der Waals surface area contributed by atoms with Crippen LogP contribution in [0.15, 0.2) is 146 Å². The third kappa shape index (κ3) is 3.55. The zero-order valence-electron chi connectivity index (χ0n) is 21.2. The smallest absolute Gasteiger partial charge is 0.103 e. The van der Waals surface area contributed by atoms with Crippen molar-refractivity contribution in [3.8, 4) is 5.69 Å².